The Bertz CT molecular complexity index is 858. The van der Waals surface area contributed by atoms with Gasteiger partial charge in [0, 0.05) is 6.54 Å². The number of carbonyl (C=O) groups excluding carboxylic acids is 1. The van der Waals surface area contributed by atoms with Crippen molar-refractivity contribution < 1.29 is 24.2 Å². The molecule has 0 bridgehead atoms. The van der Waals surface area contributed by atoms with Gasteiger partial charge in [0.05, 0.1) is 13.2 Å². The van der Waals surface area contributed by atoms with Gasteiger partial charge in [-0.3, -0.25) is 4.99 Å². The standard InChI is InChI=1S/C22H25N3O5/c26-21(27)18-11-12-23-20(24-18)19(15-29-13-16-7-3-1-4-8-16)25-22(28)30-14-17-9-5-2-6-10-17/h1-10,18-19H,11-15H2,(H,23,24)(H,25,28)(H,26,27)/t18-,19+/m1/s1. The number of nitrogens with one attached hydrogen (secondary N) is 2. The van der Waals surface area contributed by atoms with Crippen LogP contribution in [0.2, 0.25) is 0 Å². The topological polar surface area (TPSA) is 109 Å². The van der Waals surface area contributed by atoms with E-state index in [0.717, 1.165) is 11.1 Å². The molecule has 1 heterocycles. The van der Waals surface area contributed by atoms with Crippen molar-refractivity contribution in [1.82, 2.24) is 10.6 Å². The van der Waals surface area contributed by atoms with Gasteiger partial charge in [-0.2, -0.15) is 0 Å². The first-order valence-electron chi connectivity index (χ1n) is 9.74. The number of nitrogens with zero attached hydrogens (tertiary/aromatic N) is 1. The Labute approximate surface area is 174 Å². The highest BCUT2D eigenvalue weighted by molar-refractivity contribution is 5.94. The predicted octanol–water partition coefficient (Wildman–Crippen LogP) is 2.34. The molecule has 3 rings (SSSR count). The second-order valence-corrected chi connectivity index (χ2v) is 6.85. The summed E-state index contributed by atoms with van der Waals surface area (Å²) in [7, 11) is 0. The second kappa shape index (κ2) is 11.0. The summed E-state index contributed by atoms with van der Waals surface area (Å²) >= 11 is 0. The summed E-state index contributed by atoms with van der Waals surface area (Å²) in [6.45, 7) is 0.957. The van der Waals surface area contributed by atoms with E-state index in [9.17, 15) is 14.7 Å². The molecule has 0 saturated heterocycles. The molecule has 0 unspecified atom stereocenters. The molecule has 158 valence electrons. The molecular weight excluding hydrogens is 386 g/mol. The predicted molar refractivity (Wildman–Crippen MR) is 111 cm³/mol. The van der Waals surface area contributed by atoms with Crippen LogP contribution in [0.5, 0.6) is 0 Å². The van der Waals surface area contributed by atoms with Gasteiger partial charge in [0.2, 0.25) is 0 Å². The van der Waals surface area contributed by atoms with E-state index in [1.807, 2.05) is 60.7 Å². The van der Waals surface area contributed by atoms with Crippen molar-refractivity contribution in [3.8, 4) is 0 Å². The molecule has 2 aromatic rings. The van der Waals surface area contributed by atoms with Gasteiger partial charge in [-0.25, -0.2) is 9.59 Å². The minimum atomic E-state index is -0.960. The average molecular weight is 411 g/mol. The van der Waals surface area contributed by atoms with Crippen molar-refractivity contribution in [1.29, 1.82) is 0 Å². The molecule has 0 aromatic heterocycles. The highest BCUT2D eigenvalue weighted by Crippen LogP contribution is 2.07. The molecule has 8 nitrogen and oxygen atoms in total. The number of carbonyl (C=O) groups is 2. The molecule has 2 atom stereocenters. The highest BCUT2D eigenvalue weighted by Gasteiger charge is 2.28. The first-order valence-corrected chi connectivity index (χ1v) is 9.74. The normalized spacial score (nSPS) is 16.7. The van der Waals surface area contributed by atoms with E-state index in [-0.39, 0.29) is 13.2 Å². The van der Waals surface area contributed by atoms with Crippen molar-refractivity contribution in [2.24, 2.45) is 4.99 Å². The summed E-state index contributed by atoms with van der Waals surface area (Å²) in [5.74, 6) is -0.587. The van der Waals surface area contributed by atoms with Gasteiger partial charge >= 0.3 is 12.1 Å². The van der Waals surface area contributed by atoms with E-state index in [1.165, 1.54) is 0 Å². The quantitative estimate of drug-likeness (QED) is 0.584. The zero-order chi connectivity index (χ0) is 21.2. The lowest BCUT2D eigenvalue weighted by Gasteiger charge is -2.27. The van der Waals surface area contributed by atoms with E-state index in [0.29, 0.717) is 25.4 Å². The smallest absolute Gasteiger partial charge is 0.408 e. The molecule has 30 heavy (non-hydrogen) atoms. The van der Waals surface area contributed by atoms with Crippen molar-refractivity contribution >= 4 is 17.9 Å². The SMILES string of the molecule is O=C(N[C@@H](COCc1ccccc1)C1=NCC[C@H](C(=O)O)N1)OCc1ccccc1. The highest BCUT2D eigenvalue weighted by atomic mass is 16.5. The lowest BCUT2D eigenvalue weighted by Crippen LogP contribution is -2.55. The second-order valence-electron chi connectivity index (χ2n) is 6.85. The Hall–Kier alpha value is -3.39. The summed E-state index contributed by atoms with van der Waals surface area (Å²) in [4.78, 5) is 28.0. The summed E-state index contributed by atoms with van der Waals surface area (Å²) in [5, 5.41) is 14.9. The van der Waals surface area contributed by atoms with Gasteiger partial charge < -0.3 is 25.2 Å². The van der Waals surface area contributed by atoms with Gasteiger partial charge in [-0.1, -0.05) is 60.7 Å². The molecular formula is C22H25N3O5. The fraction of sp³-hybridized carbons (Fsp3) is 0.318. The molecule has 0 aliphatic carbocycles. The minimum Gasteiger partial charge on any atom is -0.480 e. The number of alkyl carbamates (subject to hydrolysis) is 1. The maximum atomic E-state index is 12.3. The monoisotopic (exact) mass is 411 g/mol. The van der Waals surface area contributed by atoms with Crippen LogP contribution in [0, 0.1) is 0 Å². The lowest BCUT2D eigenvalue weighted by molar-refractivity contribution is -0.139. The first-order chi connectivity index (χ1) is 14.6. The van der Waals surface area contributed by atoms with Crippen LogP contribution in [0.3, 0.4) is 0 Å². The third-order valence-corrected chi connectivity index (χ3v) is 4.55. The van der Waals surface area contributed by atoms with E-state index in [1.54, 1.807) is 0 Å². The van der Waals surface area contributed by atoms with Crippen LogP contribution in [-0.2, 0) is 27.5 Å². The van der Waals surface area contributed by atoms with Crippen LogP contribution < -0.4 is 10.6 Å². The van der Waals surface area contributed by atoms with E-state index in [4.69, 9.17) is 9.47 Å². The maximum Gasteiger partial charge on any atom is 0.408 e. The number of carboxylic acid groups (broad SMARTS) is 1. The summed E-state index contributed by atoms with van der Waals surface area (Å²) in [6, 6.07) is 17.6. The van der Waals surface area contributed by atoms with Gasteiger partial charge in [0.1, 0.15) is 24.5 Å². The summed E-state index contributed by atoms with van der Waals surface area (Å²) in [6.07, 6.45) is -0.247. The minimum absolute atomic E-state index is 0.119. The number of hydrogen-bond donors (Lipinski definition) is 3. The van der Waals surface area contributed by atoms with Crippen LogP contribution in [0.25, 0.3) is 0 Å². The molecule has 0 saturated carbocycles. The fourth-order valence-electron chi connectivity index (χ4n) is 2.97. The largest absolute Gasteiger partial charge is 0.480 e. The Balaban J connectivity index is 1.60. The number of ether oxygens (including phenoxy) is 2. The Morgan fingerprint density at radius 1 is 1.07 bits per heavy atom. The van der Waals surface area contributed by atoms with Crippen molar-refractivity contribution in [2.75, 3.05) is 13.2 Å². The van der Waals surface area contributed by atoms with Crippen molar-refractivity contribution in [3.05, 3.63) is 71.8 Å². The third kappa shape index (κ3) is 6.59. The number of amidine groups is 1. The molecule has 1 amide bonds. The fourth-order valence-corrected chi connectivity index (χ4v) is 2.97. The zero-order valence-corrected chi connectivity index (χ0v) is 16.5. The molecule has 0 spiro atoms. The van der Waals surface area contributed by atoms with E-state index >= 15 is 0 Å². The molecule has 1 aliphatic rings. The number of benzene rings is 2. The van der Waals surface area contributed by atoms with Crippen LogP contribution in [0.1, 0.15) is 17.5 Å². The number of hydrogen-bond acceptors (Lipinski definition) is 6. The van der Waals surface area contributed by atoms with E-state index < -0.39 is 24.1 Å². The molecule has 1 aliphatic heterocycles. The molecule has 0 fully saturated rings. The zero-order valence-electron chi connectivity index (χ0n) is 16.5. The van der Waals surface area contributed by atoms with Gasteiger partial charge in [-0.15, -0.1) is 0 Å². The average Bonchev–Trinajstić information content (AvgIpc) is 2.78. The van der Waals surface area contributed by atoms with Crippen LogP contribution >= 0.6 is 0 Å². The third-order valence-electron chi connectivity index (χ3n) is 4.55. The number of aliphatic imine (C=N–C) groups is 1. The number of carboxylic acids is 1. The maximum absolute atomic E-state index is 12.3. The summed E-state index contributed by atoms with van der Waals surface area (Å²) in [5.41, 5.74) is 1.86. The Morgan fingerprint density at radius 2 is 1.70 bits per heavy atom. The Morgan fingerprint density at radius 3 is 2.33 bits per heavy atom. The van der Waals surface area contributed by atoms with Crippen molar-refractivity contribution in [3.63, 3.8) is 0 Å². The number of rotatable bonds is 9. The van der Waals surface area contributed by atoms with Gasteiger partial charge in [0.15, 0.2) is 0 Å². The van der Waals surface area contributed by atoms with Crippen LogP contribution in [0.4, 0.5) is 4.79 Å². The molecule has 3 N–H and O–H groups in total. The van der Waals surface area contributed by atoms with E-state index in [2.05, 4.69) is 15.6 Å². The Kier molecular flexibility index (Phi) is 7.79. The van der Waals surface area contributed by atoms with Crippen molar-refractivity contribution in [2.45, 2.75) is 31.7 Å². The number of amides is 1. The first kappa shape index (κ1) is 21.3. The van der Waals surface area contributed by atoms with Crippen LogP contribution in [-0.4, -0.2) is 48.2 Å². The summed E-state index contributed by atoms with van der Waals surface area (Å²) < 4.78 is 11.0. The van der Waals surface area contributed by atoms with Gasteiger partial charge in [0.25, 0.3) is 0 Å². The lowest BCUT2D eigenvalue weighted by atomic mass is 10.1. The molecule has 0 radical (unpaired) electrons. The number of aliphatic carboxylic acids is 1. The van der Waals surface area contributed by atoms with Crippen LogP contribution in [0.15, 0.2) is 65.7 Å². The van der Waals surface area contributed by atoms with Gasteiger partial charge in [-0.05, 0) is 17.5 Å². The molecule has 8 heteroatoms. The molecule has 2 aromatic carbocycles.